The van der Waals surface area contributed by atoms with Gasteiger partial charge in [0.2, 0.25) is 15.9 Å². The Kier molecular flexibility index (Phi) is 30.0. The van der Waals surface area contributed by atoms with Gasteiger partial charge in [-0.05, 0) is 160 Å². The van der Waals surface area contributed by atoms with Crippen molar-refractivity contribution >= 4 is 39.6 Å². The van der Waals surface area contributed by atoms with Crippen molar-refractivity contribution in [3.63, 3.8) is 0 Å². The first-order valence-electron chi connectivity index (χ1n) is 44.7. The van der Waals surface area contributed by atoms with Crippen LogP contribution in [0, 0.1) is 17.8 Å². The minimum absolute atomic E-state index is 0.000499. The number of fused-ring (bicyclic) bond motifs is 4. The number of alkyl halides is 12. The van der Waals surface area contributed by atoms with Crippen molar-refractivity contribution in [1.29, 1.82) is 0 Å². The summed E-state index contributed by atoms with van der Waals surface area (Å²) < 4.78 is 188. The maximum Gasteiger partial charge on any atom is 0.416 e. The molecule has 4 fully saturated rings. The highest BCUT2D eigenvalue weighted by Crippen LogP contribution is 2.45. The molecular weight excluding hydrogens is 1710 g/mol. The van der Waals surface area contributed by atoms with Crippen molar-refractivity contribution < 1.29 is 85.1 Å². The summed E-state index contributed by atoms with van der Waals surface area (Å²) in [5.74, 6) is -0.826. The second kappa shape index (κ2) is 40.0. The number of rotatable bonds is 15. The lowest BCUT2D eigenvalue weighted by atomic mass is 9.86. The van der Waals surface area contributed by atoms with Crippen molar-refractivity contribution in [2.24, 2.45) is 17.8 Å². The van der Waals surface area contributed by atoms with Crippen molar-refractivity contribution in [1.82, 2.24) is 79.4 Å². The summed E-state index contributed by atoms with van der Waals surface area (Å²) in [7, 11) is -3.45. The average molecular weight is 1830 g/mol. The van der Waals surface area contributed by atoms with Gasteiger partial charge in [0.15, 0.2) is 22.8 Å². The molecule has 129 heavy (non-hydrogen) atoms. The average Bonchev–Trinajstić information content (AvgIpc) is 1.68. The van der Waals surface area contributed by atoms with Crippen LogP contribution in [0.2, 0.25) is 0 Å². The zero-order valence-corrected chi connectivity index (χ0v) is 75.2. The molecule has 8 aliphatic heterocycles. The van der Waals surface area contributed by atoms with Crippen LogP contribution >= 0.6 is 0 Å². The van der Waals surface area contributed by atoms with Crippen LogP contribution in [0.5, 0.6) is 0 Å². The Hall–Kier alpha value is -9.94. The Labute approximate surface area is 744 Å². The van der Waals surface area contributed by atoms with Gasteiger partial charge in [-0.1, -0.05) is 114 Å². The van der Waals surface area contributed by atoms with Crippen LogP contribution in [0.4, 0.5) is 52.7 Å². The predicted molar refractivity (Wildman–Crippen MR) is 461 cm³/mol. The van der Waals surface area contributed by atoms with Gasteiger partial charge >= 0.3 is 24.7 Å². The highest BCUT2D eigenvalue weighted by Gasteiger charge is 2.44. The maximum absolute atomic E-state index is 13.4. The van der Waals surface area contributed by atoms with E-state index in [9.17, 15) is 85.1 Å². The number of nitrogens with one attached hydrogen (secondary N) is 4. The molecule has 700 valence electrons. The molecular formula is C93H116F12N16O7S. The van der Waals surface area contributed by atoms with E-state index in [1.807, 2.05) is 27.7 Å². The fraction of sp³-hybridized carbons (Fsp3) is 0.559. The Balaban J connectivity index is 0.000000147. The second-order valence-electron chi connectivity index (χ2n) is 37.4. The zero-order valence-electron chi connectivity index (χ0n) is 74.4. The number of likely N-dealkylation sites (tertiary alicyclic amines) is 4. The number of aromatic nitrogens is 8. The molecule has 16 rings (SSSR count). The van der Waals surface area contributed by atoms with Crippen LogP contribution in [-0.4, -0.2) is 214 Å². The molecule has 8 aromatic rings. The SMILES string of the molecule is CC(C)(C)N1CCc2[nH]nc(C(=O)N3CCC(c4ccccc4C(F)(F)F)CC3)c2C1.CC(C)CC(=O)N1CCc2[nH]nc(C(=O)N3CCC(c4ccccc4C(F)(F)F)CC3)c2C1.CC(C)CN1CCc2[nH]nc(C(=O)N3CCC(c4ccccc4C(F)(F)F)CC3)c2C1.CC(C)CS(=O)(=O)N1CCc2[nH]nc(C(=O)N3CCC(c4ccccc4C(F)(F)F)CC3)c2C1. The van der Waals surface area contributed by atoms with Gasteiger partial charge in [0.25, 0.3) is 23.6 Å². The number of benzene rings is 4. The molecule has 8 aliphatic rings. The number of H-pyrrole nitrogens is 4. The lowest BCUT2D eigenvalue weighted by molar-refractivity contribution is -0.139. The van der Waals surface area contributed by atoms with Gasteiger partial charge in [0.1, 0.15) is 0 Å². The fourth-order valence-corrected chi connectivity index (χ4v) is 21.0. The monoisotopic (exact) mass is 1830 g/mol. The highest BCUT2D eigenvalue weighted by atomic mass is 32.2. The van der Waals surface area contributed by atoms with E-state index >= 15 is 0 Å². The molecule has 4 aromatic heterocycles. The third-order valence-electron chi connectivity index (χ3n) is 26.0. The predicted octanol–water partition coefficient (Wildman–Crippen LogP) is 17.2. The van der Waals surface area contributed by atoms with Crippen molar-refractivity contribution in [2.75, 3.05) is 90.8 Å². The van der Waals surface area contributed by atoms with Crippen LogP contribution in [0.3, 0.4) is 0 Å². The number of hydrogen-bond donors (Lipinski definition) is 4. The van der Waals surface area contributed by atoms with E-state index in [-0.39, 0.29) is 94.1 Å². The Morgan fingerprint density at radius 3 is 0.969 bits per heavy atom. The molecule has 0 radical (unpaired) electrons. The zero-order chi connectivity index (χ0) is 93.0. The second-order valence-corrected chi connectivity index (χ2v) is 39.4. The Bertz CT molecular complexity index is 5360. The summed E-state index contributed by atoms with van der Waals surface area (Å²) in [6, 6.07) is 22.9. The third-order valence-corrected chi connectivity index (χ3v) is 28.2. The molecule has 0 atom stereocenters. The van der Waals surface area contributed by atoms with Crippen LogP contribution in [-0.2, 0) is 91.4 Å². The van der Waals surface area contributed by atoms with Gasteiger partial charge < -0.3 is 24.5 Å². The molecule has 5 amide bonds. The standard InChI is InChI=1S/C24H29F3N4O2.C23H29F3N4O3S.2C23H29F3N4O/c1-15(2)13-21(32)31-12-9-20-18(14-31)22(29-28-20)23(33)30-10-7-16(8-11-30)17-5-3-4-6-19(17)24(25,26)27;1-15(2)14-34(32,33)30-12-9-20-18(13-30)21(28-27-20)22(31)29-10-7-16(8-11-29)17-5-3-4-6-19(17)23(24,25)26;1-22(2,3)30-13-10-19-17(14-30)20(28-27-19)21(31)29-11-8-15(9-12-29)16-6-4-5-7-18(16)23(24,25)26;1-15(2)13-29-10-9-20-18(14-29)21(28-27-20)22(31)30-11-7-16(8-12-30)17-5-3-4-6-19(17)23(24,25)26/h3-6,15-16H,7-14H2,1-2H3,(H,28,29);3-6,15-16H,7-14H2,1-2H3,(H,27,28);4-7,15H,8-14H2,1-3H3,(H,27,28);3-6,15-16H,7-14H2,1-2H3,(H,27,28). The van der Waals surface area contributed by atoms with Crippen molar-refractivity contribution in [3.8, 4) is 0 Å². The first-order chi connectivity index (χ1) is 60.9. The highest BCUT2D eigenvalue weighted by molar-refractivity contribution is 7.89. The number of piperidine rings is 4. The molecule has 0 spiro atoms. The summed E-state index contributed by atoms with van der Waals surface area (Å²) in [5, 5.41) is 29.0. The van der Waals surface area contributed by atoms with Crippen molar-refractivity contribution in [2.45, 2.75) is 226 Å². The fourth-order valence-electron chi connectivity index (χ4n) is 19.2. The summed E-state index contributed by atoms with van der Waals surface area (Å²) in [5.41, 5.74) is 7.29. The summed E-state index contributed by atoms with van der Waals surface area (Å²) in [6.07, 6.45) is -10.5. The lowest BCUT2D eigenvalue weighted by Gasteiger charge is -2.38. The smallest absolute Gasteiger partial charge is 0.338 e. The maximum atomic E-state index is 13.4. The number of nitrogens with zero attached hydrogens (tertiary/aromatic N) is 12. The molecule has 36 heteroatoms. The van der Waals surface area contributed by atoms with Gasteiger partial charge in [-0.2, -0.15) is 77.4 Å². The molecule has 4 N–H and O–H groups in total. The molecule has 0 bridgehead atoms. The molecule has 23 nitrogen and oxygen atoms in total. The van der Waals surface area contributed by atoms with Crippen LogP contribution in [0.25, 0.3) is 0 Å². The van der Waals surface area contributed by atoms with E-state index in [4.69, 9.17) is 0 Å². The molecule has 4 aromatic carbocycles. The number of carbonyl (C=O) groups is 5. The quantitative estimate of drug-likeness (QED) is 0.0697. The van der Waals surface area contributed by atoms with Gasteiger partial charge in [-0.15, -0.1) is 0 Å². The summed E-state index contributed by atoms with van der Waals surface area (Å²) in [4.78, 5) is 78.5. The minimum atomic E-state index is -4.42. The summed E-state index contributed by atoms with van der Waals surface area (Å²) in [6.45, 7) is 27.2. The van der Waals surface area contributed by atoms with Gasteiger partial charge in [0, 0.05) is 194 Å². The number of amides is 5. The van der Waals surface area contributed by atoms with Crippen LogP contribution < -0.4 is 0 Å². The molecule has 0 aliphatic carbocycles. The molecule has 4 saturated heterocycles. The van der Waals surface area contributed by atoms with E-state index in [2.05, 4.69) is 85.2 Å². The number of carbonyl (C=O) groups excluding carboxylic acids is 5. The Morgan fingerprint density at radius 1 is 0.364 bits per heavy atom. The van der Waals surface area contributed by atoms with Crippen LogP contribution in [0.15, 0.2) is 97.1 Å². The number of sulfonamides is 1. The first kappa shape index (κ1) is 96.6. The van der Waals surface area contributed by atoms with E-state index in [1.165, 1.54) is 40.7 Å². The summed E-state index contributed by atoms with van der Waals surface area (Å²) >= 11 is 0. The van der Waals surface area contributed by atoms with Crippen LogP contribution in [0.1, 0.15) is 275 Å². The minimum Gasteiger partial charge on any atom is -0.338 e. The molecule has 0 saturated carbocycles. The van der Waals surface area contributed by atoms with E-state index in [1.54, 1.807) is 60.9 Å². The molecule has 12 heterocycles. The Morgan fingerprint density at radius 2 is 0.659 bits per heavy atom. The first-order valence-corrected chi connectivity index (χ1v) is 46.3. The van der Waals surface area contributed by atoms with Gasteiger partial charge in [-0.3, -0.25) is 54.2 Å². The van der Waals surface area contributed by atoms with E-state index in [0.717, 1.165) is 96.2 Å². The topological polar surface area (TPSA) is 260 Å². The number of halogens is 12. The largest absolute Gasteiger partial charge is 0.416 e. The van der Waals surface area contributed by atoms with Gasteiger partial charge in [0.05, 0.1) is 28.0 Å². The lowest BCUT2D eigenvalue weighted by Crippen LogP contribution is -2.45. The molecule has 0 unspecified atom stereocenters. The number of hydrogen-bond acceptors (Lipinski definition) is 13. The number of aromatic amines is 4. The van der Waals surface area contributed by atoms with E-state index < -0.39 is 57.0 Å². The van der Waals surface area contributed by atoms with Gasteiger partial charge in [-0.25, -0.2) is 8.42 Å². The van der Waals surface area contributed by atoms with E-state index in [0.29, 0.717) is 201 Å². The third kappa shape index (κ3) is 23.0. The normalized spacial score (nSPS) is 18.2. The van der Waals surface area contributed by atoms with Crippen molar-refractivity contribution in [3.05, 3.63) is 209 Å².